The van der Waals surface area contributed by atoms with Gasteiger partial charge in [0.1, 0.15) is 0 Å². The SMILES string of the molecule is O[Si]1(c2cccc3ccccc23)O[Si](O)(c2cccc3ccccc23)O[Si](O)(c2cccc3ccccc23)O[Si](O)(c2cccc3ccccc23)O1. The molecule has 52 heavy (non-hydrogen) atoms. The first-order valence-electron chi connectivity index (χ1n) is 16.8. The van der Waals surface area contributed by atoms with E-state index in [0.717, 1.165) is 21.5 Å². The normalized spacial score (nSPS) is 25.3. The Kier molecular flexibility index (Phi) is 7.98. The van der Waals surface area contributed by atoms with Crippen LogP contribution in [0.15, 0.2) is 170 Å². The van der Waals surface area contributed by atoms with Gasteiger partial charge in [-0.1, -0.05) is 170 Å². The summed E-state index contributed by atoms with van der Waals surface area (Å²) in [4.78, 5) is 52.5. The second-order valence-electron chi connectivity index (χ2n) is 12.8. The quantitative estimate of drug-likeness (QED) is 0.199. The minimum atomic E-state index is -5.00. The lowest BCUT2D eigenvalue weighted by molar-refractivity contribution is 0.0943. The summed E-state index contributed by atoms with van der Waals surface area (Å²) in [6, 6.07) is 50.9. The third kappa shape index (κ3) is 5.50. The van der Waals surface area contributed by atoms with E-state index in [0.29, 0.717) is 21.5 Å². The maximum Gasteiger partial charge on any atom is 0.520 e. The molecule has 256 valence electrons. The van der Waals surface area contributed by atoms with Crippen LogP contribution in [0, 0.1) is 0 Å². The molecule has 4 N–H and O–H groups in total. The Hall–Kier alpha value is -4.65. The zero-order valence-electron chi connectivity index (χ0n) is 27.6. The van der Waals surface area contributed by atoms with Crippen LogP contribution >= 0.6 is 0 Å². The summed E-state index contributed by atoms with van der Waals surface area (Å²) < 4.78 is 26.9. The van der Waals surface area contributed by atoms with Crippen LogP contribution in [0.3, 0.4) is 0 Å². The van der Waals surface area contributed by atoms with Crippen LogP contribution in [0.25, 0.3) is 43.1 Å². The molecule has 9 rings (SSSR count). The van der Waals surface area contributed by atoms with Gasteiger partial charge in [0.25, 0.3) is 0 Å². The van der Waals surface area contributed by atoms with Gasteiger partial charge in [-0.2, -0.15) is 0 Å². The number of hydrogen-bond donors (Lipinski definition) is 4. The minimum Gasteiger partial charge on any atom is -0.387 e. The van der Waals surface area contributed by atoms with Gasteiger partial charge in [-0.3, -0.25) is 0 Å². The van der Waals surface area contributed by atoms with Crippen molar-refractivity contribution < 1.29 is 35.6 Å². The predicted molar refractivity (Wildman–Crippen MR) is 211 cm³/mol. The fourth-order valence-electron chi connectivity index (χ4n) is 7.28. The highest BCUT2D eigenvalue weighted by Crippen LogP contribution is 2.32. The van der Waals surface area contributed by atoms with Crippen LogP contribution in [0.4, 0.5) is 0 Å². The average molecular weight is 753 g/mol. The maximum atomic E-state index is 13.1. The monoisotopic (exact) mass is 752 g/mol. The molecule has 0 spiro atoms. The van der Waals surface area contributed by atoms with E-state index < -0.39 is 35.2 Å². The van der Waals surface area contributed by atoms with E-state index in [1.807, 2.05) is 121 Å². The molecule has 12 heteroatoms. The molecule has 8 nitrogen and oxygen atoms in total. The minimum absolute atomic E-state index is 0.243. The molecular weight excluding hydrogens is 721 g/mol. The van der Waals surface area contributed by atoms with Crippen LogP contribution in [-0.4, -0.2) is 54.4 Å². The topological polar surface area (TPSA) is 118 Å². The molecule has 1 heterocycles. The average Bonchev–Trinajstić information content (AvgIpc) is 3.16. The second kappa shape index (κ2) is 12.5. The van der Waals surface area contributed by atoms with Crippen molar-refractivity contribution in [3.05, 3.63) is 170 Å². The number of fused-ring (bicyclic) bond motifs is 4. The first-order chi connectivity index (χ1) is 25.2. The summed E-state index contributed by atoms with van der Waals surface area (Å²) in [5.74, 6) is 0. The smallest absolute Gasteiger partial charge is 0.387 e. The molecule has 0 aliphatic carbocycles. The number of rotatable bonds is 4. The lowest BCUT2D eigenvalue weighted by Gasteiger charge is -2.45. The highest BCUT2D eigenvalue weighted by Gasteiger charge is 2.68. The van der Waals surface area contributed by atoms with Gasteiger partial charge >= 0.3 is 35.2 Å². The van der Waals surface area contributed by atoms with Gasteiger partial charge in [-0.05, 0) is 43.1 Å². The van der Waals surface area contributed by atoms with Crippen LogP contribution in [0.2, 0.25) is 0 Å². The molecular formula is C40H32O8Si4. The van der Waals surface area contributed by atoms with E-state index in [-0.39, 0.29) is 20.7 Å². The van der Waals surface area contributed by atoms with Crippen molar-refractivity contribution in [2.24, 2.45) is 0 Å². The zero-order chi connectivity index (χ0) is 35.6. The third-order valence-corrected chi connectivity index (χ3v) is 22.9. The zero-order valence-corrected chi connectivity index (χ0v) is 31.6. The Morgan fingerprint density at radius 1 is 0.250 bits per heavy atom. The van der Waals surface area contributed by atoms with Crippen LogP contribution in [-0.2, 0) is 16.5 Å². The van der Waals surface area contributed by atoms with Crippen molar-refractivity contribution in [2.45, 2.75) is 0 Å². The molecule has 0 amide bonds. The Labute approximate surface area is 303 Å². The van der Waals surface area contributed by atoms with E-state index >= 15 is 0 Å². The van der Waals surface area contributed by atoms with E-state index in [9.17, 15) is 19.2 Å². The molecule has 0 radical (unpaired) electrons. The van der Waals surface area contributed by atoms with Crippen molar-refractivity contribution in [2.75, 3.05) is 0 Å². The lowest BCUT2D eigenvalue weighted by atomic mass is 10.1. The van der Waals surface area contributed by atoms with E-state index in [1.54, 1.807) is 48.5 Å². The van der Waals surface area contributed by atoms with Crippen molar-refractivity contribution in [1.29, 1.82) is 0 Å². The van der Waals surface area contributed by atoms with Crippen LogP contribution in [0.5, 0.6) is 0 Å². The fourth-order valence-corrected chi connectivity index (χ4v) is 22.5. The molecule has 1 aliphatic heterocycles. The van der Waals surface area contributed by atoms with Gasteiger partial charge in [0.05, 0.1) is 0 Å². The van der Waals surface area contributed by atoms with Crippen molar-refractivity contribution in [1.82, 2.24) is 0 Å². The molecule has 8 aromatic rings. The van der Waals surface area contributed by atoms with Gasteiger partial charge in [-0.15, -0.1) is 0 Å². The summed E-state index contributed by atoms with van der Waals surface area (Å²) in [6.45, 7) is 0. The maximum absolute atomic E-state index is 13.1. The predicted octanol–water partition coefficient (Wildman–Crippen LogP) is 4.03. The summed E-state index contributed by atoms with van der Waals surface area (Å²) in [6.07, 6.45) is 0. The van der Waals surface area contributed by atoms with Crippen LogP contribution in [0.1, 0.15) is 0 Å². The Balaban J connectivity index is 1.36. The van der Waals surface area contributed by atoms with Gasteiger partial charge in [-0.25, -0.2) is 0 Å². The summed E-state index contributed by atoms with van der Waals surface area (Å²) in [5, 5.41) is 6.51. The fraction of sp³-hybridized carbons (Fsp3) is 0. The summed E-state index contributed by atoms with van der Waals surface area (Å²) >= 11 is 0. The molecule has 0 atom stereocenters. The number of benzene rings is 8. The van der Waals surface area contributed by atoms with E-state index in [4.69, 9.17) is 16.5 Å². The van der Waals surface area contributed by atoms with E-state index in [2.05, 4.69) is 0 Å². The van der Waals surface area contributed by atoms with Gasteiger partial charge in [0.15, 0.2) is 0 Å². The molecule has 0 unspecified atom stereocenters. The third-order valence-electron chi connectivity index (χ3n) is 9.63. The standard InChI is InChI=1S/C40H32O8Si4/c41-49(37-25-9-17-29-13-1-5-21-33(29)37)45-50(42,38-26-10-18-30-14-2-6-22-34(30)38)47-52(44,40-28-12-20-32-16-4-8-24-36(32)40)48-51(43,46-49)39-27-11-19-31-15-3-7-23-35(31)39/h1-28,41-44H. The Bertz CT molecular complexity index is 2260. The highest BCUT2D eigenvalue weighted by atomic mass is 28.6. The van der Waals surface area contributed by atoms with E-state index in [1.165, 1.54) is 0 Å². The second-order valence-corrected chi connectivity index (χ2v) is 22.9. The van der Waals surface area contributed by atoms with Gasteiger partial charge in [0, 0.05) is 20.7 Å². The van der Waals surface area contributed by atoms with Gasteiger partial charge < -0.3 is 35.6 Å². The molecule has 0 aromatic heterocycles. The van der Waals surface area contributed by atoms with Gasteiger partial charge in [0.2, 0.25) is 0 Å². The molecule has 1 saturated heterocycles. The first-order valence-corrected chi connectivity index (χ1v) is 23.9. The number of hydrogen-bond acceptors (Lipinski definition) is 8. The first kappa shape index (κ1) is 33.2. The summed E-state index contributed by atoms with van der Waals surface area (Å²) in [5.41, 5.74) is 0. The highest BCUT2D eigenvalue weighted by molar-refractivity contribution is 7.01. The largest absolute Gasteiger partial charge is 0.520 e. The Morgan fingerprint density at radius 3 is 0.673 bits per heavy atom. The molecule has 1 aliphatic rings. The molecule has 0 bridgehead atoms. The Morgan fingerprint density at radius 2 is 0.442 bits per heavy atom. The summed E-state index contributed by atoms with van der Waals surface area (Å²) in [7, 11) is -20.0. The van der Waals surface area contributed by atoms with Crippen molar-refractivity contribution >= 4 is 99.1 Å². The van der Waals surface area contributed by atoms with Crippen LogP contribution < -0.4 is 20.7 Å². The van der Waals surface area contributed by atoms with Crippen molar-refractivity contribution in [3.63, 3.8) is 0 Å². The molecule has 1 fully saturated rings. The lowest BCUT2D eigenvalue weighted by Crippen LogP contribution is -2.81. The molecule has 8 aromatic carbocycles. The van der Waals surface area contributed by atoms with Crippen molar-refractivity contribution in [3.8, 4) is 0 Å². The molecule has 0 saturated carbocycles.